The van der Waals surface area contributed by atoms with E-state index < -0.39 is 0 Å². The van der Waals surface area contributed by atoms with Crippen molar-refractivity contribution in [3.63, 3.8) is 0 Å². The predicted molar refractivity (Wildman–Crippen MR) is 89.8 cm³/mol. The van der Waals surface area contributed by atoms with E-state index in [9.17, 15) is 0 Å². The third kappa shape index (κ3) is 5.75. The van der Waals surface area contributed by atoms with Crippen LogP contribution in [0.4, 0.5) is 0 Å². The predicted octanol–water partition coefficient (Wildman–Crippen LogP) is 5.24. The molecule has 19 heavy (non-hydrogen) atoms. The normalized spacial score (nSPS) is 12.3. The van der Waals surface area contributed by atoms with Gasteiger partial charge in [-0.15, -0.1) is 0 Å². The molecule has 100 valence electrons. The van der Waals surface area contributed by atoms with Crippen molar-refractivity contribution < 1.29 is 0 Å². The summed E-state index contributed by atoms with van der Waals surface area (Å²) in [6, 6.07) is 21.4. The summed E-state index contributed by atoms with van der Waals surface area (Å²) in [5, 5.41) is 0.703. The van der Waals surface area contributed by atoms with Gasteiger partial charge in [-0.05, 0) is 11.1 Å². The van der Waals surface area contributed by atoms with Crippen LogP contribution in [0, 0.1) is 0 Å². The van der Waals surface area contributed by atoms with Gasteiger partial charge in [-0.3, -0.25) is 0 Å². The van der Waals surface area contributed by atoms with E-state index in [2.05, 4.69) is 67.6 Å². The standard InChI is InChI=1S/C17H20S2/c1-15(19-14-17-10-6-3-7-11-17)12-18-13-16-8-4-2-5-9-16/h2-11,15H,12-14H2,1H3. The van der Waals surface area contributed by atoms with Crippen LogP contribution in [0.5, 0.6) is 0 Å². The highest BCUT2D eigenvalue weighted by atomic mass is 32.2. The molecule has 0 radical (unpaired) electrons. The van der Waals surface area contributed by atoms with E-state index in [4.69, 9.17) is 0 Å². The average Bonchev–Trinajstić information content (AvgIpc) is 2.47. The second kappa shape index (κ2) is 8.34. The second-order valence-corrected chi connectivity index (χ2v) is 7.06. The first-order valence-electron chi connectivity index (χ1n) is 6.62. The summed E-state index contributed by atoms with van der Waals surface area (Å²) >= 11 is 4.07. The molecule has 0 spiro atoms. The molecule has 0 aliphatic carbocycles. The largest absolute Gasteiger partial charge is 0.156 e. The second-order valence-electron chi connectivity index (χ2n) is 4.61. The quantitative estimate of drug-likeness (QED) is 0.683. The summed E-state index contributed by atoms with van der Waals surface area (Å²) < 4.78 is 0. The molecule has 2 rings (SSSR count). The molecule has 0 saturated heterocycles. The Kier molecular flexibility index (Phi) is 6.38. The Hall–Kier alpha value is -0.860. The summed E-state index contributed by atoms with van der Waals surface area (Å²) in [7, 11) is 0. The van der Waals surface area contributed by atoms with Crippen molar-refractivity contribution in [1.29, 1.82) is 0 Å². The van der Waals surface area contributed by atoms with E-state index in [-0.39, 0.29) is 0 Å². The van der Waals surface area contributed by atoms with Crippen molar-refractivity contribution in [3.05, 3.63) is 71.8 Å². The van der Waals surface area contributed by atoms with Gasteiger partial charge in [-0.1, -0.05) is 67.6 Å². The van der Waals surface area contributed by atoms with Crippen molar-refractivity contribution in [2.75, 3.05) is 5.75 Å². The molecule has 2 heteroatoms. The van der Waals surface area contributed by atoms with Crippen molar-refractivity contribution in [1.82, 2.24) is 0 Å². The first-order valence-corrected chi connectivity index (χ1v) is 8.82. The molecule has 0 N–H and O–H groups in total. The maximum absolute atomic E-state index is 2.33. The van der Waals surface area contributed by atoms with Gasteiger partial charge in [-0.25, -0.2) is 0 Å². The highest BCUT2D eigenvalue weighted by Crippen LogP contribution is 2.22. The third-order valence-corrected chi connectivity index (χ3v) is 5.56. The van der Waals surface area contributed by atoms with Crippen LogP contribution in [-0.2, 0) is 11.5 Å². The Morgan fingerprint density at radius 2 is 1.32 bits per heavy atom. The van der Waals surface area contributed by atoms with Gasteiger partial charge in [0.05, 0.1) is 0 Å². The number of benzene rings is 2. The van der Waals surface area contributed by atoms with Crippen LogP contribution in [0.25, 0.3) is 0 Å². The van der Waals surface area contributed by atoms with Gasteiger partial charge in [-0.2, -0.15) is 23.5 Å². The Morgan fingerprint density at radius 3 is 1.89 bits per heavy atom. The molecule has 0 heterocycles. The number of hydrogen-bond acceptors (Lipinski definition) is 2. The van der Waals surface area contributed by atoms with E-state index in [0.29, 0.717) is 5.25 Å². The minimum Gasteiger partial charge on any atom is -0.156 e. The van der Waals surface area contributed by atoms with Crippen LogP contribution in [0.3, 0.4) is 0 Å². The summed E-state index contributed by atoms with van der Waals surface area (Å²) in [5.41, 5.74) is 2.85. The van der Waals surface area contributed by atoms with Gasteiger partial charge in [0.2, 0.25) is 0 Å². The molecular weight excluding hydrogens is 268 g/mol. The van der Waals surface area contributed by atoms with Crippen LogP contribution >= 0.6 is 23.5 Å². The fourth-order valence-corrected chi connectivity index (χ4v) is 4.00. The van der Waals surface area contributed by atoms with E-state index in [1.165, 1.54) is 16.9 Å². The monoisotopic (exact) mass is 288 g/mol. The smallest absolute Gasteiger partial charge is 0.0187 e. The van der Waals surface area contributed by atoms with Gasteiger partial charge in [0, 0.05) is 22.5 Å². The topological polar surface area (TPSA) is 0 Å². The molecule has 0 amide bonds. The first-order chi connectivity index (χ1) is 9.34. The van der Waals surface area contributed by atoms with Crippen LogP contribution in [0.15, 0.2) is 60.7 Å². The molecule has 2 aromatic carbocycles. The lowest BCUT2D eigenvalue weighted by atomic mass is 10.2. The number of thioether (sulfide) groups is 2. The molecule has 0 bridgehead atoms. The van der Waals surface area contributed by atoms with Crippen LogP contribution in [0.1, 0.15) is 18.1 Å². The lowest BCUT2D eigenvalue weighted by Crippen LogP contribution is -2.01. The Morgan fingerprint density at radius 1 is 0.789 bits per heavy atom. The molecule has 0 aliphatic heterocycles. The van der Waals surface area contributed by atoms with E-state index >= 15 is 0 Å². The fraction of sp³-hybridized carbons (Fsp3) is 0.294. The molecule has 1 atom stereocenters. The van der Waals surface area contributed by atoms with Crippen LogP contribution in [0.2, 0.25) is 0 Å². The first kappa shape index (κ1) is 14.5. The van der Waals surface area contributed by atoms with E-state index in [0.717, 1.165) is 11.5 Å². The number of hydrogen-bond donors (Lipinski definition) is 0. The number of rotatable bonds is 7. The highest BCUT2D eigenvalue weighted by molar-refractivity contribution is 8.02. The third-order valence-electron chi connectivity index (χ3n) is 2.84. The van der Waals surface area contributed by atoms with Gasteiger partial charge in [0.15, 0.2) is 0 Å². The maximum atomic E-state index is 2.33. The van der Waals surface area contributed by atoms with Crippen molar-refractivity contribution >= 4 is 23.5 Å². The zero-order chi connectivity index (χ0) is 13.3. The minimum absolute atomic E-state index is 0.703. The molecule has 2 aromatic rings. The van der Waals surface area contributed by atoms with Gasteiger partial charge in [0.25, 0.3) is 0 Å². The zero-order valence-electron chi connectivity index (χ0n) is 11.3. The van der Waals surface area contributed by atoms with Crippen molar-refractivity contribution in [2.24, 2.45) is 0 Å². The van der Waals surface area contributed by atoms with Crippen molar-refractivity contribution in [2.45, 2.75) is 23.7 Å². The lowest BCUT2D eigenvalue weighted by Gasteiger charge is -2.11. The molecule has 0 fully saturated rings. The van der Waals surface area contributed by atoms with Gasteiger partial charge in [0.1, 0.15) is 0 Å². The minimum atomic E-state index is 0.703. The Bertz CT molecular complexity index is 453. The molecular formula is C17H20S2. The summed E-state index contributed by atoms with van der Waals surface area (Å²) in [5.74, 6) is 3.46. The molecule has 1 unspecified atom stereocenters. The molecule has 0 nitrogen and oxygen atoms in total. The van der Waals surface area contributed by atoms with E-state index in [1.807, 2.05) is 23.5 Å². The van der Waals surface area contributed by atoms with Crippen LogP contribution < -0.4 is 0 Å². The van der Waals surface area contributed by atoms with Crippen LogP contribution in [-0.4, -0.2) is 11.0 Å². The summed E-state index contributed by atoms with van der Waals surface area (Å²) in [4.78, 5) is 0. The van der Waals surface area contributed by atoms with Gasteiger partial charge < -0.3 is 0 Å². The average molecular weight is 288 g/mol. The Balaban J connectivity index is 1.64. The molecule has 0 saturated carbocycles. The highest BCUT2D eigenvalue weighted by Gasteiger charge is 2.03. The Labute approximate surface area is 125 Å². The fourth-order valence-electron chi connectivity index (χ4n) is 1.78. The lowest BCUT2D eigenvalue weighted by molar-refractivity contribution is 1.12. The SMILES string of the molecule is CC(CSCc1ccccc1)SCc1ccccc1. The van der Waals surface area contributed by atoms with Crippen molar-refractivity contribution in [3.8, 4) is 0 Å². The van der Waals surface area contributed by atoms with E-state index in [1.54, 1.807) is 0 Å². The zero-order valence-corrected chi connectivity index (χ0v) is 12.9. The maximum Gasteiger partial charge on any atom is 0.0187 e. The van der Waals surface area contributed by atoms with Gasteiger partial charge >= 0.3 is 0 Å². The summed E-state index contributed by atoms with van der Waals surface area (Å²) in [6.07, 6.45) is 0. The molecule has 0 aromatic heterocycles. The summed E-state index contributed by atoms with van der Waals surface area (Å²) in [6.45, 7) is 2.33. The molecule has 0 aliphatic rings.